The molecule has 1 atom stereocenters. The Bertz CT molecular complexity index is 1440. The van der Waals surface area contributed by atoms with E-state index in [1.165, 1.54) is 16.7 Å². The number of pyridine rings is 1. The zero-order chi connectivity index (χ0) is 26.0. The number of aromatic nitrogens is 3. The van der Waals surface area contributed by atoms with Crippen molar-refractivity contribution in [2.45, 2.75) is 31.7 Å². The van der Waals surface area contributed by atoms with Crippen molar-refractivity contribution in [1.82, 2.24) is 14.5 Å². The van der Waals surface area contributed by atoms with E-state index >= 15 is 0 Å². The van der Waals surface area contributed by atoms with E-state index < -0.39 is 23.4 Å². The number of aliphatic hydroxyl groups is 1. The van der Waals surface area contributed by atoms with Crippen molar-refractivity contribution in [3.8, 4) is 22.4 Å². The number of fused-ring (bicyclic) bond motifs is 1. The van der Waals surface area contributed by atoms with Crippen LogP contribution in [0.3, 0.4) is 0 Å². The molecule has 0 amide bonds. The Kier molecular flexibility index (Phi) is 6.80. The van der Waals surface area contributed by atoms with E-state index in [0.717, 1.165) is 17.7 Å². The van der Waals surface area contributed by atoms with Gasteiger partial charge in [0.05, 0.1) is 22.9 Å². The summed E-state index contributed by atoms with van der Waals surface area (Å²) in [7, 11) is 0. The molecule has 3 heterocycles. The Morgan fingerprint density at radius 1 is 0.946 bits per heavy atom. The van der Waals surface area contributed by atoms with Crippen LogP contribution in [0, 0.1) is 0 Å². The average molecular weight is 507 g/mol. The highest BCUT2D eigenvalue weighted by molar-refractivity contribution is 5.81. The lowest BCUT2D eigenvalue weighted by Gasteiger charge is -2.33. The minimum Gasteiger partial charge on any atom is -0.391 e. The van der Waals surface area contributed by atoms with E-state index in [1.54, 1.807) is 24.5 Å². The number of β-amino-alcohol motifs (C(OH)–C–C–N with tert-alkyl or cyclic N) is 1. The summed E-state index contributed by atoms with van der Waals surface area (Å²) in [6, 6.07) is 17.7. The summed E-state index contributed by atoms with van der Waals surface area (Å²) in [6.45, 7) is 1.24. The smallest absolute Gasteiger partial charge is 0.391 e. The van der Waals surface area contributed by atoms with Crippen LogP contribution in [0.25, 0.3) is 22.4 Å². The van der Waals surface area contributed by atoms with Crippen molar-refractivity contribution in [1.29, 1.82) is 0 Å². The maximum absolute atomic E-state index is 13.8. The van der Waals surface area contributed by atoms with E-state index in [1.807, 2.05) is 35.2 Å². The lowest BCUT2D eigenvalue weighted by Crippen LogP contribution is -2.43. The summed E-state index contributed by atoms with van der Waals surface area (Å²) in [5.74, 6) is 0.394. The van der Waals surface area contributed by atoms with Gasteiger partial charge in [0.2, 0.25) is 5.95 Å². The van der Waals surface area contributed by atoms with Crippen molar-refractivity contribution < 1.29 is 18.3 Å². The second-order valence-electron chi connectivity index (χ2n) is 9.05. The van der Waals surface area contributed by atoms with Crippen molar-refractivity contribution in [3.05, 3.63) is 101 Å². The van der Waals surface area contributed by atoms with Gasteiger partial charge in [-0.1, -0.05) is 42.5 Å². The van der Waals surface area contributed by atoms with E-state index in [4.69, 9.17) is 4.98 Å². The molecule has 2 aromatic heterocycles. The molecule has 0 spiro atoms. The molecular formula is C28H25F3N4O2. The van der Waals surface area contributed by atoms with E-state index in [9.17, 15) is 23.1 Å². The topological polar surface area (TPSA) is 71.2 Å². The highest BCUT2D eigenvalue weighted by Gasteiger charge is 2.32. The van der Waals surface area contributed by atoms with Gasteiger partial charge < -0.3 is 10.0 Å². The van der Waals surface area contributed by atoms with Crippen LogP contribution in [0.15, 0.2) is 83.9 Å². The second kappa shape index (κ2) is 10.2. The molecule has 0 saturated heterocycles. The lowest BCUT2D eigenvalue weighted by molar-refractivity contribution is -0.137. The Morgan fingerprint density at radius 3 is 2.43 bits per heavy atom. The van der Waals surface area contributed by atoms with Gasteiger partial charge in [0.15, 0.2) is 0 Å². The highest BCUT2D eigenvalue weighted by Crippen LogP contribution is 2.35. The number of halogens is 3. The number of benzene rings is 2. The van der Waals surface area contributed by atoms with Gasteiger partial charge in [-0.3, -0.25) is 14.3 Å². The number of hydrogen-bond donors (Lipinski definition) is 1. The molecule has 1 aliphatic heterocycles. The molecule has 2 aromatic carbocycles. The van der Waals surface area contributed by atoms with Gasteiger partial charge in [-0.2, -0.15) is 13.2 Å². The van der Waals surface area contributed by atoms with Crippen molar-refractivity contribution in [3.63, 3.8) is 0 Å². The molecule has 0 bridgehead atoms. The SMILES string of the molecule is O=c1c(-c2cccc(C(F)(F)F)c2)c(-c2ccncc2)nc2n1CCCN2CC(O)Cc1ccccc1. The van der Waals surface area contributed by atoms with Crippen LogP contribution in [0.5, 0.6) is 0 Å². The molecule has 4 aromatic rings. The van der Waals surface area contributed by atoms with Gasteiger partial charge in [-0.05, 0) is 41.8 Å². The number of nitrogens with zero attached hydrogens (tertiary/aromatic N) is 4. The summed E-state index contributed by atoms with van der Waals surface area (Å²) in [5.41, 5.74) is 0.843. The number of rotatable bonds is 6. The van der Waals surface area contributed by atoms with Gasteiger partial charge in [0, 0.05) is 44.0 Å². The zero-order valence-corrected chi connectivity index (χ0v) is 19.9. The average Bonchev–Trinajstić information content (AvgIpc) is 2.89. The first-order valence-electron chi connectivity index (χ1n) is 12.0. The van der Waals surface area contributed by atoms with Crippen LogP contribution in [0.2, 0.25) is 0 Å². The Labute approximate surface area is 211 Å². The van der Waals surface area contributed by atoms with Crippen LogP contribution in [0.4, 0.5) is 19.1 Å². The first-order chi connectivity index (χ1) is 17.8. The van der Waals surface area contributed by atoms with E-state index in [2.05, 4.69) is 4.98 Å². The third-order valence-corrected chi connectivity index (χ3v) is 6.42. The highest BCUT2D eigenvalue weighted by atomic mass is 19.4. The van der Waals surface area contributed by atoms with E-state index in [0.29, 0.717) is 37.4 Å². The molecular weight excluding hydrogens is 481 g/mol. The first kappa shape index (κ1) is 24.7. The van der Waals surface area contributed by atoms with Crippen LogP contribution < -0.4 is 10.5 Å². The summed E-state index contributed by atoms with van der Waals surface area (Å²) >= 11 is 0. The number of anilines is 1. The summed E-state index contributed by atoms with van der Waals surface area (Å²) in [5, 5.41) is 10.8. The molecule has 0 fully saturated rings. The van der Waals surface area contributed by atoms with Crippen molar-refractivity contribution in [2.24, 2.45) is 0 Å². The Hall–Kier alpha value is -3.98. The molecule has 1 N–H and O–H groups in total. The minimum absolute atomic E-state index is 0.104. The predicted octanol–water partition coefficient (Wildman–Crippen LogP) is 4.80. The molecule has 190 valence electrons. The van der Waals surface area contributed by atoms with Crippen LogP contribution in [-0.4, -0.2) is 38.8 Å². The van der Waals surface area contributed by atoms with E-state index in [-0.39, 0.29) is 23.4 Å². The molecule has 1 aliphatic rings. The van der Waals surface area contributed by atoms with Gasteiger partial charge in [0.25, 0.3) is 5.56 Å². The van der Waals surface area contributed by atoms with Gasteiger partial charge in [-0.15, -0.1) is 0 Å². The molecule has 0 radical (unpaired) electrons. The molecule has 1 unspecified atom stereocenters. The van der Waals surface area contributed by atoms with Gasteiger partial charge in [0.1, 0.15) is 0 Å². The summed E-state index contributed by atoms with van der Waals surface area (Å²) in [6.07, 6.45) is -1.06. The molecule has 9 heteroatoms. The maximum atomic E-state index is 13.8. The second-order valence-corrected chi connectivity index (χ2v) is 9.05. The Balaban J connectivity index is 1.60. The Morgan fingerprint density at radius 2 is 1.70 bits per heavy atom. The fourth-order valence-electron chi connectivity index (χ4n) is 4.71. The van der Waals surface area contributed by atoms with Gasteiger partial charge in [-0.25, -0.2) is 4.98 Å². The predicted molar refractivity (Wildman–Crippen MR) is 135 cm³/mol. The van der Waals surface area contributed by atoms with Crippen molar-refractivity contribution >= 4 is 5.95 Å². The van der Waals surface area contributed by atoms with Crippen LogP contribution in [-0.2, 0) is 19.1 Å². The van der Waals surface area contributed by atoms with Gasteiger partial charge >= 0.3 is 6.18 Å². The quantitative estimate of drug-likeness (QED) is 0.407. The maximum Gasteiger partial charge on any atom is 0.416 e. The molecule has 5 rings (SSSR count). The monoisotopic (exact) mass is 506 g/mol. The largest absolute Gasteiger partial charge is 0.416 e. The first-order valence-corrected chi connectivity index (χ1v) is 12.0. The summed E-state index contributed by atoms with van der Waals surface area (Å²) in [4.78, 5) is 24.5. The summed E-state index contributed by atoms with van der Waals surface area (Å²) < 4.78 is 41.9. The third-order valence-electron chi connectivity index (χ3n) is 6.42. The number of hydrogen-bond acceptors (Lipinski definition) is 5. The number of alkyl halides is 3. The minimum atomic E-state index is -4.55. The van der Waals surface area contributed by atoms with Crippen molar-refractivity contribution in [2.75, 3.05) is 18.0 Å². The standard InChI is InChI=1S/C28H25F3N4O2/c29-28(30,31)22-9-4-8-21(17-22)24-25(20-10-12-32-13-11-20)33-27-34(14-5-15-35(27)26(24)37)18-23(36)16-19-6-2-1-3-7-19/h1-4,6-13,17,23,36H,5,14-16,18H2. The molecule has 6 nitrogen and oxygen atoms in total. The fraction of sp³-hybridized carbons (Fsp3) is 0.250. The normalized spacial score (nSPS) is 14.3. The zero-order valence-electron chi connectivity index (χ0n) is 19.9. The lowest BCUT2D eigenvalue weighted by atomic mass is 9.99. The fourth-order valence-corrected chi connectivity index (χ4v) is 4.71. The van der Waals surface area contributed by atoms with Crippen LogP contribution >= 0.6 is 0 Å². The molecule has 0 aliphatic carbocycles. The third kappa shape index (κ3) is 5.27. The van der Waals surface area contributed by atoms with Crippen LogP contribution in [0.1, 0.15) is 17.5 Å². The molecule has 37 heavy (non-hydrogen) atoms. The molecule has 0 saturated carbocycles. The number of aliphatic hydroxyl groups excluding tert-OH is 1.